The second-order valence-electron chi connectivity index (χ2n) is 4.82. The predicted molar refractivity (Wildman–Crippen MR) is 76.1 cm³/mol. The van der Waals surface area contributed by atoms with Gasteiger partial charge in [-0.1, -0.05) is 51.9 Å². The standard InChI is InChI=1S/C14H28N2O3/c1-2-3-4-5-6-7-8-9-10-15-11-13(17)16-12-14(18)19/h15H,2-12H2,1H3,(H,16,17)(H,18,19). The van der Waals surface area contributed by atoms with Gasteiger partial charge in [-0.2, -0.15) is 0 Å². The van der Waals surface area contributed by atoms with Gasteiger partial charge in [-0.3, -0.25) is 9.59 Å². The second kappa shape index (κ2) is 13.3. The van der Waals surface area contributed by atoms with E-state index in [0.29, 0.717) is 0 Å². The van der Waals surface area contributed by atoms with Gasteiger partial charge in [0.1, 0.15) is 6.54 Å². The number of unbranched alkanes of at least 4 members (excludes halogenated alkanes) is 7. The van der Waals surface area contributed by atoms with Crippen LogP contribution in [0, 0.1) is 0 Å². The van der Waals surface area contributed by atoms with Crippen LogP contribution in [0.25, 0.3) is 0 Å². The molecule has 0 heterocycles. The largest absolute Gasteiger partial charge is 0.480 e. The predicted octanol–water partition coefficient (Wildman–Crippen LogP) is 1.92. The molecule has 0 unspecified atom stereocenters. The smallest absolute Gasteiger partial charge is 0.322 e. The highest BCUT2D eigenvalue weighted by molar-refractivity contribution is 5.82. The Bertz CT molecular complexity index is 245. The van der Waals surface area contributed by atoms with Crippen LogP contribution in [0.15, 0.2) is 0 Å². The zero-order valence-electron chi connectivity index (χ0n) is 12.0. The van der Waals surface area contributed by atoms with Crippen LogP contribution in [-0.2, 0) is 9.59 Å². The molecule has 0 aliphatic heterocycles. The van der Waals surface area contributed by atoms with Crippen LogP contribution in [0.5, 0.6) is 0 Å². The van der Waals surface area contributed by atoms with E-state index in [1.54, 1.807) is 0 Å². The molecule has 1 amide bonds. The normalized spacial score (nSPS) is 10.4. The van der Waals surface area contributed by atoms with Gasteiger partial charge in [0, 0.05) is 0 Å². The number of rotatable bonds is 13. The molecule has 0 rings (SSSR count). The van der Waals surface area contributed by atoms with Crippen molar-refractivity contribution in [1.29, 1.82) is 0 Å². The molecule has 0 aliphatic rings. The number of carbonyl (C=O) groups is 2. The third-order valence-electron chi connectivity index (χ3n) is 2.93. The van der Waals surface area contributed by atoms with Gasteiger partial charge in [0.25, 0.3) is 0 Å². The van der Waals surface area contributed by atoms with E-state index in [9.17, 15) is 9.59 Å². The average molecular weight is 272 g/mol. The maximum atomic E-state index is 11.1. The second-order valence-corrected chi connectivity index (χ2v) is 4.82. The summed E-state index contributed by atoms with van der Waals surface area (Å²) in [5.41, 5.74) is 0. The van der Waals surface area contributed by atoms with E-state index >= 15 is 0 Å². The Kier molecular flexibility index (Phi) is 12.6. The quantitative estimate of drug-likeness (QED) is 0.448. The van der Waals surface area contributed by atoms with Gasteiger partial charge in [0.2, 0.25) is 5.91 Å². The highest BCUT2D eigenvalue weighted by atomic mass is 16.4. The van der Waals surface area contributed by atoms with E-state index in [0.717, 1.165) is 13.0 Å². The average Bonchev–Trinajstić information content (AvgIpc) is 2.38. The van der Waals surface area contributed by atoms with Gasteiger partial charge in [-0.15, -0.1) is 0 Å². The molecular weight excluding hydrogens is 244 g/mol. The molecule has 112 valence electrons. The van der Waals surface area contributed by atoms with Crippen molar-refractivity contribution >= 4 is 11.9 Å². The van der Waals surface area contributed by atoms with E-state index in [1.807, 2.05) is 0 Å². The lowest BCUT2D eigenvalue weighted by Crippen LogP contribution is -2.37. The fourth-order valence-electron chi connectivity index (χ4n) is 1.82. The van der Waals surface area contributed by atoms with Crippen LogP contribution in [0.2, 0.25) is 0 Å². The fourth-order valence-corrected chi connectivity index (χ4v) is 1.82. The molecule has 0 saturated heterocycles. The van der Waals surface area contributed by atoms with Gasteiger partial charge >= 0.3 is 5.97 Å². The van der Waals surface area contributed by atoms with Crippen molar-refractivity contribution in [3.8, 4) is 0 Å². The summed E-state index contributed by atoms with van der Waals surface area (Å²) in [6.45, 7) is 2.93. The van der Waals surface area contributed by atoms with Crippen LogP contribution in [-0.4, -0.2) is 36.6 Å². The third kappa shape index (κ3) is 14.8. The van der Waals surface area contributed by atoms with E-state index < -0.39 is 5.97 Å². The minimum absolute atomic E-state index is 0.198. The topological polar surface area (TPSA) is 78.4 Å². The van der Waals surface area contributed by atoms with Crippen LogP contribution in [0.1, 0.15) is 58.3 Å². The fraction of sp³-hybridized carbons (Fsp3) is 0.857. The zero-order valence-corrected chi connectivity index (χ0v) is 12.0. The number of amides is 1. The lowest BCUT2D eigenvalue weighted by Gasteiger charge is -2.05. The number of nitrogens with one attached hydrogen (secondary N) is 2. The molecular formula is C14H28N2O3. The maximum absolute atomic E-state index is 11.1. The molecule has 19 heavy (non-hydrogen) atoms. The Hall–Kier alpha value is -1.10. The summed E-state index contributed by atoms with van der Waals surface area (Å²) in [7, 11) is 0. The summed E-state index contributed by atoms with van der Waals surface area (Å²) >= 11 is 0. The van der Waals surface area contributed by atoms with Crippen molar-refractivity contribution in [3.63, 3.8) is 0 Å². The molecule has 0 aliphatic carbocycles. The van der Waals surface area contributed by atoms with Crippen molar-refractivity contribution in [2.75, 3.05) is 19.6 Å². The first-order chi connectivity index (χ1) is 9.16. The van der Waals surface area contributed by atoms with Gasteiger partial charge in [0.15, 0.2) is 0 Å². The first-order valence-electron chi connectivity index (χ1n) is 7.36. The summed E-state index contributed by atoms with van der Waals surface area (Å²) in [6.07, 6.45) is 10.1. The zero-order chi connectivity index (χ0) is 14.3. The Balaban J connectivity index is 3.13. The first-order valence-corrected chi connectivity index (χ1v) is 7.36. The molecule has 5 heteroatoms. The minimum Gasteiger partial charge on any atom is -0.480 e. The molecule has 3 N–H and O–H groups in total. The number of carboxylic acids is 1. The lowest BCUT2D eigenvalue weighted by molar-refractivity contribution is -0.137. The third-order valence-corrected chi connectivity index (χ3v) is 2.93. The van der Waals surface area contributed by atoms with E-state index in [-0.39, 0.29) is 19.0 Å². The molecule has 5 nitrogen and oxygen atoms in total. The number of carboxylic acid groups (broad SMARTS) is 1. The van der Waals surface area contributed by atoms with Crippen molar-refractivity contribution in [2.24, 2.45) is 0 Å². The molecule has 0 atom stereocenters. The number of aliphatic carboxylic acids is 1. The van der Waals surface area contributed by atoms with Crippen molar-refractivity contribution in [1.82, 2.24) is 10.6 Å². The van der Waals surface area contributed by atoms with Crippen LogP contribution < -0.4 is 10.6 Å². The van der Waals surface area contributed by atoms with E-state index in [1.165, 1.54) is 44.9 Å². The number of carbonyl (C=O) groups excluding carboxylic acids is 1. The lowest BCUT2D eigenvalue weighted by atomic mass is 10.1. The molecule has 0 aromatic rings. The Morgan fingerprint density at radius 2 is 1.47 bits per heavy atom. The van der Waals surface area contributed by atoms with E-state index in [2.05, 4.69) is 17.6 Å². The van der Waals surface area contributed by atoms with Gasteiger partial charge in [-0.05, 0) is 13.0 Å². The molecule has 0 spiro atoms. The summed E-state index contributed by atoms with van der Waals surface area (Å²) in [4.78, 5) is 21.4. The van der Waals surface area contributed by atoms with Crippen molar-refractivity contribution in [2.45, 2.75) is 58.3 Å². The highest BCUT2D eigenvalue weighted by Gasteiger charge is 2.02. The van der Waals surface area contributed by atoms with Gasteiger partial charge in [0.05, 0.1) is 6.54 Å². The monoisotopic (exact) mass is 272 g/mol. The van der Waals surface area contributed by atoms with Crippen LogP contribution in [0.3, 0.4) is 0 Å². The summed E-state index contributed by atoms with van der Waals surface area (Å²) in [5, 5.41) is 13.7. The molecule has 0 aromatic heterocycles. The van der Waals surface area contributed by atoms with Crippen LogP contribution >= 0.6 is 0 Å². The maximum Gasteiger partial charge on any atom is 0.322 e. The van der Waals surface area contributed by atoms with E-state index in [4.69, 9.17) is 5.11 Å². The first kappa shape index (κ1) is 17.9. The summed E-state index contributed by atoms with van der Waals surface area (Å²) in [6, 6.07) is 0. The van der Waals surface area contributed by atoms with Gasteiger partial charge in [-0.25, -0.2) is 0 Å². The number of hydrogen-bond acceptors (Lipinski definition) is 3. The van der Waals surface area contributed by atoms with Crippen molar-refractivity contribution < 1.29 is 14.7 Å². The molecule has 0 radical (unpaired) electrons. The minimum atomic E-state index is -1.02. The molecule has 0 aromatic carbocycles. The summed E-state index contributed by atoms with van der Waals surface area (Å²) in [5.74, 6) is -1.28. The highest BCUT2D eigenvalue weighted by Crippen LogP contribution is 2.07. The molecule has 0 saturated carbocycles. The molecule has 0 bridgehead atoms. The Labute approximate surface area is 116 Å². The van der Waals surface area contributed by atoms with Gasteiger partial charge < -0.3 is 15.7 Å². The summed E-state index contributed by atoms with van der Waals surface area (Å²) < 4.78 is 0. The SMILES string of the molecule is CCCCCCCCCCNCC(=O)NCC(=O)O. The number of hydrogen-bond donors (Lipinski definition) is 3. The Morgan fingerprint density at radius 3 is 2.05 bits per heavy atom. The Morgan fingerprint density at radius 1 is 0.895 bits per heavy atom. The van der Waals surface area contributed by atoms with Crippen molar-refractivity contribution in [3.05, 3.63) is 0 Å². The molecule has 0 fully saturated rings. The van der Waals surface area contributed by atoms with Crippen LogP contribution in [0.4, 0.5) is 0 Å².